The largest absolute Gasteiger partial charge is 0.496 e. The van der Waals surface area contributed by atoms with E-state index in [1.165, 1.54) is 12.1 Å². The van der Waals surface area contributed by atoms with Gasteiger partial charge in [-0.15, -0.1) is 0 Å². The number of carbonyl (C=O) groups is 1. The molecule has 0 atom stereocenters. The van der Waals surface area contributed by atoms with Gasteiger partial charge in [-0.2, -0.15) is 0 Å². The van der Waals surface area contributed by atoms with Gasteiger partial charge in [-0.05, 0) is 67.9 Å². The maximum absolute atomic E-state index is 13.2. The van der Waals surface area contributed by atoms with Gasteiger partial charge in [-0.1, -0.05) is 17.7 Å². The van der Waals surface area contributed by atoms with Gasteiger partial charge in [0.15, 0.2) is 0 Å². The molecule has 0 spiro atoms. The van der Waals surface area contributed by atoms with Crippen molar-refractivity contribution in [3.8, 4) is 17.0 Å². The maximum atomic E-state index is 13.2. The van der Waals surface area contributed by atoms with Gasteiger partial charge in [0.05, 0.1) is 18.3 Å². The molecule has 5 nitrogen and oxygen atoms in total. The molecule has 4 aromatic rings. The van der Waals surface area contributed by atoms with Gasteiger partial charge in [0, 0.05) is 28.4 Å². The quantitative estimate of drug-likeness (QED) is 0.410. The Morgan fingerprint density at radius 1 is 0.935 bits per heavy atom. The Kier molecular flexibility index (Phi) is 5.54. The van der Waals surface area contributed by atoms with Crippen LogP contribution < -0.4 is 15.4 Å². The predicted molar refractivity (Wildman–Crippen MR) is 122 cm³/mol. The molecule has 0 radical (unpaired) electrons. The number of pyridine rings is 1. The lowest BCUT2D eigenvalue weighted by atomic mass is 10.1. The zero-order chi connectivity index (χ0) is 22.0. The van der Waals surface area contributed by atoms with Crippen LogP contribution in [-0.4, -0.2) is 18.1 Å². The molecule has 0 unspecified atom stereocenters. The summed E-state index contributed by atoms with van der Waals surface area (Å²) in [7, 11) is 1.58. The number of nitrogens with one attached hydrogen (secondary N) is 2. The highest BCUT2D eigenvalue weighted by molar-refractivity contribution is 6.02. The number of benzene rings is 3. The molecule has 0 aliphatic carbocycles. The predicted octanol–water partition coefficient (Wildman–Crippen LogP) is 6.31. The molecule has 2 amide bonds. The highest BCUT2D eigenvalue weighted by Gasteiger charge is 2.11. The molecule has 156 valence electrons. The van der Waals surface area contributed by atoms with Crippen molar-refractivity contribution in [3.05, 3.63) is 83.7 Å². The first-order valence-corrected chi connectivity index (χ1v) is 9.83. The topological polar surface area (TPSA) is 63.2 Å². The van der Waals surface area contributed by atoms with Crippen molar-refractivity contribution in [1.29, 1.82) is 0 Å². The summed E-state index contributed by atoms with van der Waals surface area (Å²) < 4.78 is 18.8. The minimum atomic E-state index is -0.332. The molecule has 2 N–H and O–H groups in total. The van der Waals surface area contributed by atoms with E-state index in [2.05, 4.69) is 15.6 Å². The number of fused-ring (bicyclic) bond motifs is 1. The van der Waals surface area contributed by atoms with E-state index in [1.54, 1.807) is 31.4 Å². The number of methoxy groups -OCH3 is 1. The van der Waals surface area contributed by atoms with Gasteiger partial charge in [0.2, 0.25) is 0 Å². The molecular formula is C25H22FN3O2. The van der Waals surface area contributed by atoms with Crippen LogP contribution in [0.4, 0.5) is 20.6 Å². The van der Waals surface area contributed by atoms with Crippen molar-refractivity contribution in [2.24, 2.45) is 0 Å². The Morgan fingerprint density at radius 2 is 1.71 bits per heavy atom. The van der Waals surface area contributed by atoms with Crippen LogP contribution in [0.3, 0.4) is 0 Å². The summed E-state index contributed by atoms with van der Waals surface area (Å²) in [6.07, 6.45) is 0. The van der Waals surface area contributed by atoms with E-state index in [1.807, 2.05) is 44.2 Å². The van der Waals surface area contributed by atoms with E-state index in [0.717, 1.165) is 27.8 Å². The van der Waals surface area contributed by atoms with Crippen molar-refractivity contribution in [2.75, 3.05) is 17.7 Å². The molecular weight excluding hydrogens is 393 g/mol. The molecule has 31 heavy (non-hydrogen) atoms. The molecule has 4 rings (SSSR count). The van der Waals surface area contributed by atoms with Gasteiger partial charge in [-0.25, -0.2) is 14.2 Å². The van der Waals surface area contributed by atoms with Crippen LogP contribution in [0.1, 0.15) is 11.1 Å². The fourth-order valence-corrected chi connectivity index (χ4v) is 3.45. The lowest BCUT2D eigenvalue weighted by Crippen LogP contribution is -2.20. The number of amides is 2. The molecule has 0 saturated heterocycles. The lowest BCUT2D eigenvalue weighted by molar-refractivity contribution is 0.262. The monoisotopic (exact) mass is 415 g/mol. The summed E-state index contributed by atoms with van der Waals surface area (Å²) >= 11 is 0. The molecule has 1 aromatic heterocycles. The second-order valence-electron chi connectivity index (χ2n) is 7.35. The van der Waals surface area contributed by atoms with Crippen LogP contribution >= 0.6 is 0 Å². The van der Waals surface area contributed by atoms with Gasteiger partial charge in [-0.3, -0.25) is 0 Å². The summed E-state index contributed by atoms with van der Waals surface area (Å²) in [6, 6.07) is 18.9. The number of aryl methyl sites for hydroxylation is 2. The molecule has 0 aliphatic rings. The number of hydrogen-bond acceptors (Lipinski definition) is 3. The fraction of sp³-hybridized carbons (Fsp3) is 0.120. The third-order valence-corrected chi connectivity index (χ3v) is 5.02. The zero-order valence-electron chi connectivity index (χ0n) is 17.5. The first-order valence-electron chi connectivity index (χ1n) is 9.83. The molecule has 0 bridgehead atoms. The van der Waals surface area contributed by atoms with E-state index in [0.29, 0.717) is 22.6 Å². The minimum absolute atomic E-state index is 0.300. The SMILES string of the molecule is COc1cc(-c2ccc(F)cc2)nc2ccc(NC(=O)Nc3ccc(C)cc3C)cc12. The Hall–Kier alpha value is -3.93. The highest BCUT2D eigenvalue weighted by atomic mass is 19.1. The van der Waals surface area contributed by atoms with Gasteiger partial charge >= 0.3 is 6.03 Å². The number of halogens is 1. The van der Waals surface area contributed by atoms with Crippen LogP contribution in [0.2, 0.25) is 0 Å². The minimum Gasteiger partial charge on any atom is -0.496 e. The van der Waals surface area contributed by atoms with E-state index in [-0.39, 0.29) is 11.8 Å². The van der Waals surface area contributed by atoms with Crippen LogP contribution in [0, 0.1) is 19.7 Å². The van der Waals surface area contributed by atoms with Crippen LogP contribution in [0.15, 0.2) is 66.7 Å². The second kappa shape index (κ2) is 8.44. The fourth-order valence-electron chi connectivity index (χ4n) is 3.45. The van der Waals surface area contributed by atoms with E-state index >= 15 is 0 Å². The number of rotatable bonds is 4. The summed E-state index contributed by atoms with van der Waals surface area (Å²) in [5.41, 5.74) is 5.68. The van der Waals surface area contributed by atoms with Crippen molar-refractivity contribution in [2.45, 2.75) is 13.8 Å². The highest BCUT2D eigenvalue weighted by Crippen LogP contribution is 2.32. The van der Waals surface area contributed by atoms with Gasteiger partial charge in [0.1, 0.15) is 11.6 Å². The van der Waals surface area contributed by atoms with E-state index < -0.39 is 0 Å². The molecule has 0 saturated carbocycles. The average molecular weight is 415 g/mol. The van der Waals surface area contributed by atoms with Crippen molar-refractivity contribution >= 4 is 28.3 Å². The molecule has 3 aromatic carbocycles. The summed E-state index contributed by atoms with van der Waals surface area (Å²) in [4.78, 5) is 17.1. The van der Waals surface area contributed by atoms with E-state index in [4.69, 9.17) is 4.74 Å². The third kappa shape index (κ3) is 4.48. The van der Waals surface area contributed by atoms with Crippen molar-refractivity contribution in [3.63, 3.8) is 0 Å². The number of nitrogens with zero attached hydrogens (tertiary/aromatic N) is 1. The summed E-state index contributed by atoms with van der Waals surface area (Å²) in [5, 5.41) is 6.49. The number of anilines is 2. The number of aromatic nitrogens is 1. The van der Waals surface area contributed by atoms with Gasteiger partial charge < -0.3 is 15.4 Å². The normalized spacial score (nSPS) is 10.7. The smallest absolute Gasteiger partial charge is 0.323 e. The lowest BCUT2D eigenvalue weighted by Gasteiger charge is -2.13. The van der Waals surface area contributed by atoms with Crippen LogP contribution in [0.25, 0.3) is 22.2 Å². The van der Waals surface area contributed by atoms with Crippen LogP contribution in [0.5, 0.6) is 5.75 Å². The van der Waals surface area contributed by atoms with Gasteiger partial charge in [0.25, 0.3) is 0 Å². The Bertz CT molecular complexity index is 1270. The first kappa shape index (κ1) is 20.3. The molecule has 1 heterocycles. The maximum Gasteiger partial charge on any atom is 0.323 e. The summed E-state index contributed by atoms with van der Waals surface area (Å²) in [6.45, 7) is 3.96. The number of hydrogen-bond donors (Lipinski definition) is 2. The molecule has 6 heteroatoms. The molecule has 0 fully saturated rings. The van der Waals surface area contributed by atoms with Crippen LogP contribution in [-0.2, 0) is 0 Å². The Morgan fingerprint density at radius 3 is 2.42 bits per heavy atom. The zero-order valence-corrected chi connectivity index (χ0v) is 17.5. The third-order valence-electron chi connectivity index (χ3n) is 5.02. The number of carbonyl (C=O) groups excluding carboxylic acids is 1. The van der Waals surface area contributed by atoms with Crippen molar-refractivity contribution < 1.29 is 13.9 Å². The molecule has 0 aliphatic heterocycles. The number of urea groups is 1. The van der Waals surface area contributed by atoms with E-state index in [9.17, 15) is 9.18 Å². The Labute approximate surface area is 179 Å². The van der Waals surface area contributed by atoms with Crippen molar-refractivity contribution in [1.82, 2.24) is 4.98 Å². The first-order chi connectivity index (χ1) is 14.9. The average Bonchev–Trinajstić information content (AvgIpc) is 2.75. The summed E-state index contributed by atoms with van der Waals surface area (Å²) in [5.74, 6) is 0.314. The number of ether oxygens (including phenoxy) is 1. The Balaban J connectivity index is 1.60. The standard InChI is InChI=1S/C25H22FN3O2/c1-15-4-10-21(16(2)12-15)29-25(30)27-19-9-11-22-20(13-19)24(31-3)14-23(28-22)17-5-7-18(26)8-6-17/h4-14H,1-3H3,(H2,27,29,30). The second-order valence-corrected chi connectivity index (χ2v) is 7.35.